The number of para-hydroxylation sites is 1. The third kappa shape index (κ3) is 1.84. The highest BCUT2D eigenvalue weighted by Crippen LogP contribution is 2.53. The fourth-order valence-corrected chi connectivity index (χ4v) is 4.46. The maximum atomic E-state index is 2.44. The van der Waals surface area contributed by atoms with Crippen molar-refractivity contribution in [1.82, 2.24) is 4.57 Å². The lowest BCUT2D eigenvalue weighted by Gasteiger charge is -2.21. The third-order valence-electron chi connectivity index (χ3n) is 5.65. The second-order valence-corrected chi connectivity index (χ2v) is 7.58. The zero-order valence-electron chi connectivity index (χ0n) is 14.9. The highest BCUT2D eigenvalue weighted by molar-refractivity contribution is 5.99. The zero-order chi connectivity index (χ0) is 17.2. The van der Waals surface area contributed by atoms with E-state index >= 15 is 0 Å². The molecule has 3 aromatic carbocycles. The molecular formula is C24H21N. The Bertz CT molecular complexity index is 1110. The van der Waals surface area contributed by atoms with Gasteiger partial charge in [-0.2, -0.15) is 0 Å². The molecule has 0 unspecified atom stereocenters. The lowest BCUT2D eigenvalue weighted by Crippen LogP contribution is -2.14. The van der Waals surface area contributed by atoms with Gasteiger partial charge in [0.1, 0.15) is 0 Å². The van der Waals surface area contributed by atoms with Crippen molar-refractivity contribution in [3.63, 3.8) is 0 Å². The monoisotopic (exact) mass is 323 g/mol. The molecule has 1 heteroatoms. The Morgan fingerprint density at radius 3 is 2.24 bits per heavy atom. The third-order valence-corrected chi connectivity index (χ3v) is 5.65. The van der Waals surface area contributed by atoms with Gasteiger partial charge in [-0.05, 0) is 36.2 Å². The molecule has 0 aliphatic heterocycles. The van der Waals surface area contributed by atoms with Crippen LogP contribution in [0.25, 0.3) is 27.8 Å². The van der Waals surface area contributed by atoms with Gasteiger partial charge in [-0.15, -0.1) is 0 Å². The Morgan fingerprint density at radius 1 is 0.760 bits per heavy atom. The van der Waals surface area contributed by atoms with E-state index in [1.165, 1.54) is 44.5 Å². The van der Waals surface area contributed by atoms with Crippen molar-refractivity contribution in [3.8, 4) is 16.9 Å². The molecule has 0 saturated carbocycles. The maximum absolute atomic E-state index is 2.44. The molecule has 25 heavy (non-hydrogen) atoms. The van der Waals surface area contributed by atoms with Gasteiger partial charge in [0.25, 0.3) is 0 Å². The Labute approximate surface area is 148 Å². The van der Waals surface area contributed by atoms with Crippen LogP contribution in [-0.4, -0.2) is 4.57 Å². The van der Waals surface area contributed by atoms with E-state index in [4.69, 9.17) is 0 Å². The molecule has 122 valence electrons. The number of hydrogen-bond acceptors (Lipinski definition) is 0. The average molecular weight is 323 g/mol. The maximum Gasteiger partial charge on any atom is 0.0584 e. The topological polar surface area (TPSA) is 4.93 Å². The van der Waals surface area contributed by atoms with Crippen LogP contribution >= 0.6 is 0 Å². The standard InChI is InChI=1S/C24H21N/c1-16-12-14-17(15-13-16)25-21-11-7-5-9-19(21)22-23(25)18-8-4-6-10-20(18)24(22,2)3/h4-15H,1-3H3. The second kappa shape index (κ2) is 4.86. The summed E-state index contributed by atoms with van der Waals surface area (Å²) in [5.41, 5.74) is 9.41. The fourth-order valence-electron chi connectivity index (χ4n) is 4.46. The van der Waals surface area contributed by atoms with E-state index in [-0.39, 0.29) is 5.41 Å². The Morgan fingerprint density at radius 2 is 1.44 bits per heavy atom. The Hall–Kier alpha value is -2.80. The summed E-state index contributed by atoms with van der Waals surface area (Å²) in [5, 5.41) is 1.36. The normalized spacial score (nSPS) is 14.5. The predicted octanol–water partition coefficient (Wildman–Crippen LogP) is 6.25. The van der Waals surface area contributed by atoms with Crippen LogP contribution in [0.2, 0.25) is 0 Å². The SMILES string of the molecule is Cc1ccc(-n2c3c(c4ccccc42)C(C)(C)c2ccccc2-3)cc1. The van der Waals surface area contributed by atoms with Crippen LogP contribution in [0.5, 0.6) is 0 Å². The van der Waals surface area contributed by atoms with Crippen molar-refractivity contribution in [2.45, 2.75) is 26.2 Å². The smallest absolute Gasteiger partial charge is 0.0584 e. The summed E-state index contributed by atoms with van der Waals surface area (Å²) in [5.74, 6) is 0. The molecule has 0 saturated heterocycles. The van der Waals surface area contributed by atoms with Gasteiger partial charge < -0.3 is 4.57 Å². The van der Waals surface area contributed by atoms with E-state index in [0.29, 0.717) is 0 Å². The van der Waals surface area contributed by atoms with Gasteiger partial charge in [0, 0.05) is 22.1 Å². The van der Waals surface area contributed by atoms with Gasteiger partial charge in [-0.3, -0.25) is 0 Å². The van der Waals surface area contributed by atoms with Crippen LogP contribution < -0.4 is 0 Å². The van der Waals surface area contributed by atoms with Gasteiger partial charge in [-0.1, -0.05) is 74.0 Å². The van der Waals surface area contributed by atoms with Crippen LogP contribution in [-0.2, 0) is 5.41 Å². The van der Waals surface area contributed by atoms with Crippen molar-refractivity contribution in [2.75, 3.05) is 0 Å². The van der Waals surface area contributed by atoms with E-state index < -0.39 is 0 Å². The summed E-state index contributed by atoms with van der Waals surface area (Å²) in [6, 6.07) is 26.5. The van der Waals surface area contributed by atoms with Gasteiger partial charge in [0.05, 0.1) is 11.2 Å². The number of aromatic nitrogens is 1. The van der Waals surface area contributed by atoms with Crippen LogP contribution in [0.1, 0.15) is 30.5 Å². The quantitative estimate of drug-likeness (QED) is 0.390. The molecule has 0 N–H and O–H groups in total. The minimum Gasteiger partial charge on any atom is -0.309 e. The summed E-state index contributed by atoms with van der Waals surface area (Å²) in [7, 11) is 0. The highest BCUT2D eigenvalue weighted by atomic mass is 15.0. The van der Waals surface area contributed by atoms with Crippen LogP contribution in [0, 0.1) is 6.92 Å². The van der Waals surface area contributed by atoms with E-state index in [1.54, 1.807) is 0 Å². The minimum atomic E-state index is 0.0154. The molecule has 5 rings (SSSR count). The molecule has 0 bridgehead atoms. The summed E-state index contributed by atoms with van der Waals surface area (Å²) in [4.78, 5) is 0. The first-order valence-corrected chi connectivity index (χ1v) is 8.90. The predicted molar refractivity (Wildman–Crippen MR) is 106 cm³/mol. The molecule has 0 radical (unpaired) electrons. The average Bonchev–Trinajstić information content (AvgIpc) is 3.08. The van der Waals surface area contributed by atoms with Crippen LogP contribution in [0.4, 0.5) is 0 Å². The summed E-state index contributed by atoms with van der Waals surface area (Å²) >= 11 is 0. The lowest BCUT2D eigenvalue weighted by molar-refractivity contribution is 0.666. The Balaban J connectivity index is 1.97. The van der Waals surface area contributed by atoms with Gasteiger partial charge in [0.2, 0.25) is 0 Å². The molecule has 4 aromatic rings. The number of rotatable bonds is 1. The first-order chi connectivity index (χ1) is 12.1. The lowest BCUT2D eigenvalue weighted by atomic mass is 9.81. The van der Waals surface area contributed by atoms with E-state index in [9.17, 15) is 0 Å². The van der Waals surface area contributed by atoms with Gasteiger partial charge >= 0.3 is 0 Å². The van der Waals surface area contributed by atoms with Crippen molar-refractivity contribution in [2.24, 2.45) is 0 Å². The van der Waals surface area contributed by atoms with Gasteiger partial charge in [0.15, 0.2) is 0 Å². The molecule has 1 heterocycles. The molecule has 1 aliphatic rings. The molecule has 0 amide bonds. The molecule has 1 nitrogen and oxygen atoms in total. The van der Waals surface area contributed by atoms with E-state index in [2.05, 4.69) is 98.1 Å². The molecule has 1 aliphatic carbocycles. The van der Waals surface area contributed by atoms with Crippen molar-refractivity contribution in [1.29, 1.82) is 0 Å². The molecule has 1 aromatic heterocycles. The van der Waals surface area contributed by atoms with Crippen LogP contribution in [0.3, 0.4) is 0 Å². The van der Waals surface area contributed by atoms with Crippen molar-refractivity contribution < 1.29 is 0 Å². The number of benzene rings is 3. The Kier molecular flexibility index (Phi) is 2.82. The first-order valence-electron chi connectivity index (χ1n) is 8.90. The molecule has 0 fully saturated rings. The van der Waals surface area contributed by atoms with E-state index in [1.807, 2.05) is 0 Å². The van der Waals surface area contributed by atoms with Gasteiger partial charge in [-0.25, -0.2) is 0 Å². The number of fused-ring (bicyclic) bond motifs is 5. The summed E-state index contributed by atoms with van der Waals surface area (Å²) in [6.07, 6.45) is 0. The van der Waals surface area contributed by atoms with Crippen molar-refractivity contribution in [3.05, 3.63) is 89.5 Å². The highest BCUT2D eigenvalue weighted by Gasteiger charge is 2.40. The molecule has 0 atom stereocenters. The summed E-state index contributed by atoms with van der Waals surface area (Å²) in [6.45, 7) is 6.84. The minimum absolute atomic E-state index is 0.0154. The first kappa shape index (κ1) is 14.5. The summed E-state index contributed by atoms with van der Waals surface area (Å²) < 4.78 is 2.44. The van der Waals surface area contributed by atoms with Crippen LogP contribution in [0.15, 0.2) is 72.8 Å². The molecule has 0 spiro atoms. The zero-order valence-corrected chi connectivity index (χ0v) is 14.9. The molecular weight excluding hydrogens is 302 g/mol. The second-order valence-electron chi connectivity index (χ2n) is 7.58. The van der Waals surface area contributed by atoms with Crippen molar-refractivity contribution >= 4 is 10.9 Å². The number of nitrogens with zero attached hydrogens (tertiary/aromatic N) is 1. The largest absolute Gasteiger partial charge is 0.309 e. The fraction of sp³-hybridized carbons (Fsp3) is 0.167. The number of hydrogen-bond donors (Lipinski definition) is 0. The van der Waals surface area contributed by atoms with E-state index in [0.717, 1.165) is 0 Å². The number of aryl methyl sites for hydroxylation is 1.